The lowest BCUT2D eigenvalue weighted by Gasteiger charge is -2.31. The van der Waals surface area contributed by atoms with Crippen molar-refractivity contribution in [2.45, 2.75) is 24.2 Å². The average molecular weight is 397 g/mol. The number of piperidine rings is 1. The fourth-order valence-electron chi connectivity index (χ4n) is 3.43. The lowest BCUT2D eigenvalue weighted by atomic mass is 10.2. The second kappa shape index (κ2) is 9.01. The number of nitrogens with one attached hydrogen (secondary N) is 1. The number of morpholine rings is 1. The van der Waals surface area contributed by atoms with Crippen LogP contribution in [0.3, 0.4) is 0 Å². The first kappa shape index (κ1) is 20.1. The molecule has 2 saturated heterocycles. The van der Waals surface area contributed by atoms with Crippen LogP contribution in [0.4, 0.5) is 11.4 Å². The highest BCUT2D eigenvalue weighted by atomic mass is 32.2. The topological polar surface area (TPSA) is 88.2 Å². The molecule has 0 aliphatic carbocycles. The number of carbonyl (C=O) groups excluding carboxylic acids is 1. The molecule has 2 fully saturated rings. The van der Waals surface area contributed by atoms with Crippen LogP contribution in [0.2, 0.25) is 0 Å². The first-order chi connectivity index (χ1) is 13.0. The van der Waals surface area contributed by atoms with Gasteiger partial charge in [0, 0.05) is 33.3 Å². The summed E-state index contributed by atoms with van der Waals surface area (Å²) >= 11 is 0. The second-order valence-corrected chi connectivity index (χ2v) is 8.66. The summed E-state index contributed by atoms with van der Waals surface area (Å²) in [5.41, 5.74) is 1.28. The SMILES string of the molecule is COCC(=O)Nc1cc(S(=O)(=O)N2CCCCC2)ccc1N1CCOCC1. The zero-order valence-electron chi connectivity index (χ0n) is 15.6. The van der Waals surface area contributed by atoms with Crippen LogP contribution in [-0.2, 0) is 24.3 Å². The summed E-state index contributed by atoms with van der Waals surface area (Å²) in [7, 11) is -2.13. The summed E-state index contributed by atoms with van der Waals surface area (Å²) < 4.78 is 37.8. The monoisotopic (exact) mass is 397 g/mol. The van der Waals surface area contributed by atoms with Gasteiger partial charge in [-0.05, 0) is 31.0 Å². The molecule has 2 aliphatic rings. The summed E-state index contributed by atoms with van der Waals surface area (Å²) in [6, 6.07) is 4.95. The molecular formula is C18H27N3O5S. The zero-order chi connectivity index (χ0) is 19.3. The van der Waals surface area contributed by atoms with Crippen LogP contribution in [0.1, 0.15) is 19.3 Å². The van der Waals surface area contributed by atoms with Gasteiger partial charge in [0.2, 0.25) is 15.9 Å². The fraction of sp³-hybridized carbons (Fsp3) is 0.611. The number of carbonyl (C=O) groups is 1. The molecular weight excluding hydrogens is 370 g/mol. The number of sulfonamides is 1. The van der Waals surface area contributed by atoms with Crippen molar-refractivity contribution in [3.05, 3.63) is 18.2 Å². The number of hydrogen-bond acceptors (Lipinski definition) is 6. The van der Waals surface area contributed by atoms with E-state index in [0.717, 1.165) is 24.9 Å². The molecule has 1 aromatic carbocycles. The van der Waals surface area contributed by atoms with Crippen molar-refractivity contribution in [1.29, 1.82) is 0 Å². The highest BCUT2D eigenvalue weighted by molar-refractivity contribution is 7.89. The molecule has 0 spiro atoms. The number of rotatable bonds is 6. The molecule has 0 radical (unpaired) electrons. The van der Waals surface area contributed by atoms with E-state index >= 15 is 0 Å². The van der Waals surface area contributed by atoms with E-state index in [1.54, 1.807) is 18.2 Å². The van der Waals surface area contributed by atoms with E-state index in [1.807, 2.05) is 0 Å². The first-order valence-corrected chi connectivity index (χ1v) is 10.7. The minimum Gasteiger partial charge on any atom is -0.378 e. The summed E-state index contributed by atoms with van der Waals surface area (Å²) in [6.45, 7) is 3.55. The maximum absolute atomic E-state index is 13.0. The Morgan fingerprint density at radius 3 is 2.52 bits per heavy atom. The van der Waals surface area contributed by atoms with Gasteiger partial charge in [-0.25, -0.2) is 8.42 Å². The van der Waals surface area contributed by atoms with Gasteiger partial charge >= 0.3 is 0 Å². The Hall–Kier alpha value is -1.68. The Kier molecular flexibility index (Phi) is 6.69. The van der Waals surface area contributed by atoms with E-state index in [4.69, 9.17) is 9.47 Å². The molecule has 9 heteroatoms. The molecule has 2 heterocycles. The zero-order valence-corrected chi connectivity index (χ0v) is 16.5. The standard InChI is InChI=1S/C18H27N3O5S/c1-25-14-18(22)19-16-13-15(27(23,24)21-7-3-2-4-8-21)5-6-17(16)20-9-11-26-12-10-20/h5-6,13H,2-4,7-12,14H2,1H3,(H,19,22). The van der Waals surface area contributed by atoms with Crippen LogP contribution in [0.5, 0.6) is 0 Å². The largest absolute Gasteiger partial charge is 0.378 e. The van der Waals surface area contributed by atoms with Gasteiger partial charge in [0.1, 0.15) is 6.61 Å². The van der Waals surface area contributed by atoms with E-state index in [9.17, 15) is 13.2 Å². The number of amides is 1. The van der Waals surface area contributed by atoms with Crippen molar-refractivity contribution in [3.8, 4) is 0 Å². The Labute approximate surface area is 160 Å². The predicted molar refractivity (Wildman–Crippen MR) is 103 cm³/mol. The van der Waals surface area contributed by atoms with Crippen LogP contribution < -0.4 is 10.2 Å². The lowest BCUT2D eigenvalue weighted by molar-refractivity contribution is -0.119. The van der Waals surface area contributed by atoms with Crippen molar-refractivity contribution in [1.82, 2.24) is 4.31 Å². The molecule has 0 atom stereocenters. The van der Waals surface area contributed by atoms with E-state index in [-0.39, 0.29) is 17.4 Å². The number of methoxy groups -OCH3 is 1. The highest BCUT2D eigenvalue weighted by Crippen LogP contribution is 2.31. The van der Waals surface area contributed by atoms with Crippen molar-refractivity contribution < 1.29 is 22.7 Å². The molecule has 1 amide bonds. The van der Waals surface area contributed by atoms with E-state index in [1.165, 1.54) is 11.4 Å². The maximum Gasteiger partial charge on any atom is 0.250 e. The predicted octanol–water partition coefficient (Wildman–Crippen LogP) is 1.28. The number of benzene rings is 1. The molecule has 2 aliphatic heterocycles. The van der Waals surface area contributed by atoms with Crippen molar-refractivity contribution in [2.75, 3.05) is 63.3 Å². The Morgan fingerprint density at radius 2 is 1.85 bits per heavy atom. The summed E-state index contributed by atoms with van der Waals surface area (Å²) in [6.07, 6.45) is 2.81. The summed E-state index contributed by atoms with van der Waals surface area (Å²) in [4.78, 5) is 14.4. The van der Waals surface area contributed by atoms with Crippen LogP contribution >= 0.6 is 0 Å². The summed E-state index contributed by atoms with van der Waals surface area (Å²) in [5, 5.41) is 2.79. The number of hydrogen-bond donors (Lipinski definition) is 1. The van der Waals surface area contributed by atoms with Gasteiger partial charge in [-0.1, -0.05) is 6.42 Å². The third kappa shape index (κ3) is 4.78. The molecule has 0 aromatic heterocycles. The third-order valence-electron chi connectivity index (χ3n) is 4.82. The van der Waals surface area contributed by atoms with Crippen LogP contribution in [0.15, 0.2) is 23.1 Å². The number of ether oxygens (including phenoxy) is 2. The van der Waals surface area contributed by atoms with Crippen molar-refractivity contribution in [2.24, 2.45) is 0 Å². The number of nitrogens with zero attached hydrogens (tertiary/aromatic N) is 2. The van der Waals surface area contributed by atoms with Gasteiger partial charge in [-0.3, -0.25) is 4.79 Å². The normalized spacial score (nSPS) is 19.1. The Morgan fingerprint density at radius 1 is 1.15 bits per heavy atom. The van der Waals surface area contributed by atoms with Crippen molar-refractivity contribution >= 4 is 27.3 Å². The Balaban J connectivity index is 1.92. The molecule has 0 saturated carbocycles. The van der Waals surface area contributed by atoms with Crippen molar-refractivity contribution in [3.63, 3.8) is 0 Å². The molecule has 150 valence electrons. The van der Waals surface area contributed by atoms with Gasteiger partial charge in [0.25, 0.3) is 0 Å². The molecule has 1 aromatic rings. The molecule has 1 N–H and O–H groups in total. The minimum atomic E-state index is -3.57. The smallest absolute Gasteiger partial charge is 0.250 e. The molecule has 0 bridgehead atoms. The summed E-state index contributed by atoms with van der Waals surface area (Å²) in [5.74, 6) is -0.320. The molecule has 0 unspecified atom stereocenters. The van der Waals surface area contributed by atoms with E-state index in [2.05, 4.69) is 10.2 Å². The maximum atomic E-state index is 13.0. The molecule has 3 rings (SSSR count). The van der Waals surface area contributed by atoms with Crippen LogP contribution in [0.25, 0.3) is 0 Å². The second-order valence-electron chi connectivity index (χ2n) is 6.72. The van der Waals surface area contributed by atoms with Gasteiger partial charge in [0.15, 0.2) is 0 Å². The quantitative estimate of drug-likeness (QED) is 0.778. The van der Waals surface area contributed by atoms with Gasteiger partial charge in [-0.15, -0.1) is 0 Å². The molecule has 8 nitrogen and oxygen atoms in total. The number of anilines is 2. The molecule has 27 heavy (non-hydrogen) atoms. The fourth-order valence-corrected chi connectivity index (χ4v) is 4.97. The third-order valence-corrected chi connectivity index (χ3v) is 6.72. The van der Waals surface area contributed by atoms with E-state index in [0.29, 0.717) is 45.1 Å². The van der Waals surface area contributed by atoms with Gasteiger partial charge in [-0.2, -0.15) is 4.31 Å². The van der Waals surface area contributed by atoms with Gasteiger partial charge in [0.05, 0.1) is 29.5 Å². The lowest BCUT2D eigenvalue weighted by Crippen LogP contribution is -2.37. The highest BCUT2D eigenvalue weighted by Gasteiger charge is 2.27. The van der Waals surface area contributed by atoms with Crippen LogP contribution in [0, 0.1) is 0 Å². The van der Waals surface area contributed by atoms with E-state index < -0.39 is 10.0 Å². The Bertz CT molecular complexity index is 756. The van der Waals surface area contributed by atoms with Crippen LogP contribution in [-0.4, -0.2) is 71.7 Å². The van der Waals surface area contributed by atoms with Gasteiger partial charge < -0.3 is 19.7 Å². The first-order valence-electron chi connectivity index (χ1n) is 9.28. The minimum absolute atomic E-state index is 0.0916. The average Bonchev–Trinajstić information content (AvgIpc) is 2.69.